The molecule has 3 unspecified atom stereocenters. The lowest BCUT2D eigenvalue weighted by atomic mass is 9.89. The third-order valence-electron chi connectivity index (χ3n) is 5.99. The molecule has 3 fully saturated rings. The number of ether oxygens (including phenoxy) is 1. The molecule has 1 aromatic rings. The van der Waals surface area contributed by atoms with Gasteiger partial charge in [-0.3, -0.25) is 4.79 Å². The zero-order valence-electron chi connectivity index (χ0n) is 16.6. The van der Waals surface area contributed by atoms with Crippen LogP contribution in [0.2, 0.25) is 0 Å². The van der Waals surface area contributed by atoms with Gasteiger partial charge in [-0.25, -0.2) is 4.79 Å². The van der Waals surface area contributed by atoms with Crippen molar-refractivity contribution in [1.29, 1.82) is 0 Å². The number of piperidine rings is 1. The largest absolute Gasteiger partial charge is 0.376 e. The van der Waals surface area contributed by atoms with Gasteiger partial charge < -0.3 is 26.0 Å². The van der Waals surface area contributed by atoms with Crippen molar-refractivity contribution >= 4 is 35.7 Å². The molecule has 0 spiro atoms. The third-order valence-corrected chi connectivity index (χ3v) is 5.99. The SMILES string of the molecule is Cl.O=C(CC1CC2CCC(C1)N2)Nc1ccc(NC(=O)NCC2CCCO2)cc1. The lowest BCUT2D eigenvalue weighted by Crippen LogP contribution is -2.39. The summed E-state index contributed by atoms with van der Waals surface area (Å²) in [6.45, 7) is 1.30. The molecule has 3 aliphatic heterocycles. The van der Waals surface area contributed by atoms with E-state index in [2.05, 4.69) is 21.3 Å². The first-order chi connectivity index (χ1) is 13.6. The highest BCUT2D eigenvalue weighted by Crippen LogP contribution is 2.32. The Morgan fingerprint density at radius 2 is 1.66 bits per heavy atom. The number of urea groups is 1. The zero-order valence-corrected chi connectivity index (χ0v) is 17.4. The number of fused-ring (bicyclic) bond motifs is 2. The molecule has 29 heavy (non-hydrogen) atoms. The number of hydrogen-bond donors (Lipinski definition) is 4. The van der Waals surface area contributed by atoms with E-state index in [1.54, 1.807) is 12.1 Å². The summed E-state index contributed by atoms with van der Waals surface area (Å²) in [7, 11) is 0. The number of halogens is 1. The van der Waals surface area contributed by atoms with Gasteiger partial charge in [0.1, 0.15) is 0 Å². The Morgan fingerprint density at radius 1 is 1.00 bits per heavy atom. The fraction of sp³-hybridized carbons (Fsp3) is 0.619. The molecule has 0 saturated carbocycles. The van der Waals surface area contributed by atoms with Gasteiger partial charge in [0, 0.05) is 43.0 Å². The van der Waals surface area contributed by atoms with Crippen LogP contribution in [-0.4, -0.2) is 43.3 Å². The smallest absolute Gasteiger partial charge is 0.319 e. The first-order valence-electron chi connectivity index (χ1n) is 10.5. The molecule has 3 amide bonds. The van der Waals surface area contributed by atoms with Crippen molar-refractivity contribution in [3.63, 3.8) is 0 Å². The van der Waals surface area contributed by atoms with Gasteiger partial charge in [0.2, 0.25) is 5.91 Å². The number of anilines is 2. The van der Waals surface area contributed by atoms with E-state index in [4.69, 9.17) is 4.74 Å². The molecule has 0 aliphatic carbocycles. The highest BCUT2D eigenvalue weighted by atomic mass is 35.5. The van der Waals surface area contributed by atoms with E-state index in [-0.39, 0.29) is 30.4 Å². The van der Waals surface area contributed by atoms with Crippen LogP contribution in [0.1, 0.15) is 44.9 Å². The molecule has 160 valence electrons. The van der Waals surface area contributed by atoms with E-state index in [1.807, 2.05) is 12.1 Å². The summed E-state index contributed by atoms with van der Waals surface area (Å²) < 4.78 is 5.49. The summed E-state index contributed by atoms with van der Waals surface area (Å²) in [5, 5.41) is 12.2. The number of benzene rings is 1. The normalized spacial score (nSPS) is 27.7. The molecular weight excluding hydrogens is 392 g/mol. The van der Waals surface area contributed by atoms with Crippen LogP contribution >= 0.6 is 12.4 Å². The van der Waals surface area contributed by atoms with E-state index in [0.717, 1.165) is 38.0 Å². The first kappa shape index (κ1) is 21.9. The predicted octanol–water partition coefficient (Wildman–Crippen LogP) is 3.27. The Morgan fingerprint density at radius 3 is 2.28 bits per heavy atom. The Balaban J connectivity index is 0.00000240. The highest BCUT2D eigenvalue weighted by molar-refractivity contribution is 5.92. The molecule has 3 saturated heterocycles. The van der Waals surface area contributed by atoms with Crippen molar-refractivity contribution < 1.29 is 14.3 Å². The lowest BCUT2D eigenvalue weighted by Gasteiger charge is -2.28. The van der Waals surface area contributed by atoms with Crippen LogP contribution in [0.15, 0.2) is 24.3 Å². The number of nitrogens with one attached hydrogen (secondary N) is 4. The van der Waals surface area contributed by atoms with E-state index < -0.39 is 0 Å². The molecule has 3 atom stereocenters. The van der Waals surface area contributed by atoms with Crippen molar-refractivity contribution in [1.82, 2.24) is 10.6 Å². The zero-order chi connectivity index (χ0) is 19.3. The van der Waals surface area contributed by atoms with Gasteiger partial charge in [-0.2, -0.15) is 0 Å². The van der Waals surface area contributed by atoms with E-state index in [9.17, 15) is 9.59 Å². The van der Waals surface area contributed by atoms with Crippen LogP contribution in [0.3, 0.4) is 0 Å². The number of carbonyl (C=O) groups is 2. The molecule has 1 aromatic carbocycles. The summed E-state index contributed by atoms with van der Waals surface area (Å²) in [4.78, 5) is 24.3. The van der Waals surface area contributed by atoms with Crippen molar-refractivity contribution in [3.05, 3.63) is 24.3 Å². The van der Waals surface area contributed by atoms with Crippen molar-refractivity contribution in [3.8, 4) is 0 Å². The molecule has 0 radical (unpaired) electrons. The minimum Gasteiger partial charge on any atom is -0.376 e. The minimum atomic E-state index is -0.243. The lowest BCUT2D eigenvalue weighted by molar-refractivity contribution is -0.117. The van der Waals surface area contributed by atoms with Crippen LogP contribution in [0.5, 0.6) is 0 Å². The van der Waals surface area contributed by atoms with Gasteiger partial charge >= 0.3 is 6.03 Å². The molecule has 2 bridgehead atoms. The maximum atomic E-state index is 12.4. The topological polar surface area (TPSA) is 91.5 Å². The molecule has 3 heterocycles. The molecule has 7 nitrogen and oxygen atoms in total. The quantitative estimate of drug-likeness (QED) is 0.566. The van der Waals surface area contributed by atoms with Crippen molar-refractivity contribution in [2.75, 3.05) is 23.8 Å². The van der Waals surface area contributed by atoms with Gasteiger partial charge in [-0.15, -0.1) is 12.4 Å². The van der Waals surface area contributed by atoms with E-state index >= 15 is 0 Å². The van der Waals surface area contributed by atoms with Gasteiger partial charge in [0.15, 0.2) is 0 Å². The number of hydrogen-bond acceptors (Lipinski definition) is 4. The first-order valence-corrected chi connectivity index (χ1v) is 10.5. The van der Waals surface area contributed by atoms with Gasteiger partial charge in [0.25, 0.3) is 0 Å². The van der Waals surface area contributed by atoms with Crippen LogP contribution in [0, 0.1) is 5.92 Å². The second-order valence-corrected chi connectivity index (χ2v) is 8.27. The average Bonchev–Trinajstić information content (AvgIpc) is 3.31. The summed E-state index contributed by atoms with van der Waals surface area (Å²) >= 11 is 0. The molecule has 8 heteroatoms. The number of amides is 3. The number of carbonyl (C=O) groups excluding carboxylic acids is 2. The summed E-state index contributed by atoms with van der Waals surface area (Å²) in [6, 6.07) is 8.20. The summed E-state index contributed by atoms with van der Waals surface area (Å²) in [5.74, 6) is 0.550. The van der Waals surface area contributed by atoms with Gasteiger partial charge in [-0.05, 0) is 68.7 Å². The second kappa shape index (κ2) is 10.3. The Bertz CT molecular complexity index is 682. The van der Waals surface area contributed by atoms with E-state index in [0.29, 0.717) is 36.7 Å². The predicted molar refractivity (Wildman–Crippen MR) is 116 cm³/mol. The molecular formula is C21H31ClN4O3. The Kier molecular flexibility index (Phi) is 7.75. The maximum Gasteiger partial charge on any atom is 0.319 e. The highest BCUT2D eigenvalue weighted by Gasteiger charge is 2.34. The van der Waals surface area contributed by atoms with Gasteiger partial charge in [-0.1, -0.05) is 0 Å². The average molecular weight is 423 g/mol. The fourth-order valence-electron chi connectivity index (χ4n) is 4.64. The maximum absolute atomic E-state index is 12.4. The molecule has 4 N–H and O–H groups in total. The Hall–Kier alpha value is -1.83. The van der Waals surface area contributed by atoms with Crippen molar-refractivity contribution in [2.45, 2.75) is 63.1 Å². The van der Waals surface area contributed by atoms with Crippen LogP contribution in [-0.2, 0) is 9.53 Å². The second-order valence-electron chi connectivity index (χ2n) is 8.27. The summed E-state index contributed by atoms with van der Waals surface area (Å²) in [5.41, 5.74) is 1.45. The summed E-state index contributed by atoms with van der Waals surface area (Å²) in [6.07, 6.45) is 7.46. The van der Waals surface area contributed by atoms with Crippen molar-refractivity contribution in [2.24, 2.45) is 5.92 Å². The van der Waals surface area contributed by atoms with Crippen LogP contribution < -0.4 is 21.3 Å². The minimum absolute atomic E-state index is 0. The molecule has 4 rings (SSSR count). The Labute approximate surface area is 178 Å². The fourth-order valence-corrected chi connectivity index (χ4v) is 4.64. The monoisotopic (exact) mass is 422 g/mol. The van der Waals surface area contributed by atoms with Crippen LogP contribution in [0.4, 0.5) is 16.2 Å². The molecule has 0 aromatic heterocycles. The van der Waals surface area contributed by atoms with Crippen LogP contribution in [0.25, 0.3) is 0 Å². The van der Waals surface area contributed by atoms with E-state index in [1.165, 1.54) is 12.8 Å². The molecule has 3 aliphatic rings. The van der Waals surface area contributed by atoms with Gasteiger partial charge in [0.05, 0.1) is 6.10 Å². The number of rotatable bonds is 6. The third kappa shape index (κ3) is 6.32. The standard InChI is InChI=1S/C21H30N4O3.ClH/c26-20(12-14-10-17-7-8-18(11-14)23-17)24-15-3-5-16(6-4-15)25-21(27)22-13-19-2-1-9-28-19;/h3-6,14,17-19,23H,1-2,7-13H2,(H,24,26)(H2,22,25,27);1H.